The number of nitrogens with two attached hydrogens (primary N) is 1. The number of rotatable bonds is 2. The van der Waals surface area contributed by atoms with Gasteiger partial charge in [0, 0.05) is 25.7 Å². The number of ether oxygens (including phenoxy) is 1. The summed E-state index contributed by atoms with van der Waals surface area (Å²) in [7, 11) is -3.20. The van der Waals surface area contributed by atoms with Crippen molar-refractivity contribution in [1.82, 2.24) is 4.31 Å². The fraction of sp³-hybridized carbons (Fsp3) is 1.00. The molecule has 0 aromatic rings. The quantitative estimate of drug-likeness (QED) is 0.733. The van der Waals surface area contributed by atoms with E-state index in [1.807, 2.05) is 6.92 Å². The fourth-order valence-electron chi connectivity index (χ4n) is 2.31. The zero-order chi connectivity index (χ0) is 11.8. The summed E-state index contributed by atoms with van der Waals surface area (Å²) in [5.41, 5.74) is 5.86. The van der Waals surface area contributed by atoms with E-state index in [1.165, 1.54) is 0 Å². The Hall–Kier alpha value is -0.170. The molecule has 2 aliphatic heterocycles. The monoisotopic (exact) mass is 248 g/mol. The molecule has 0 aromatic heterocycles. The van der Waals surface area contributed by atoms with Crippen LogP contribution in [0.15, 0.2) is 0 Å². The average Bonchev–Trinajstić information content (AvgIpc) is 2.61. The van der Waals surface area contributed by atoms with E-state index in [1.54, 1.807) is 4.31 Å². The maximum Gasteiger partial charge on any atom is 0.219 e. The first-order valence-electron chi connectivity index (χ1n) is 5.84. The molecule has 0 amide bonds. The predicted molar refractivity (Wildman–Crippen MR) is 61.5 cm³/mol. The lowest BCUT2D eigenvalue weighted by atomic mass is 10.1. The van der Waals surface area contributed by atoms with Gasteiger partial charge in [0.05, 0.1) is 11.9 Å². The Labute approximate surface area is 97.0 Å². The van der Waals surface area contributed by atoms with Crippen molar-refractivity contribution in [1.29, 1.82) is 0 Å². The zero-order valence-electron chi connectivity index (χ0n) is 9.63. The highest BCUT2D eigenvalue weighted by atomic mass is 32.2. The molecule has 0 radical (unpaired) electrons. The van der Waals surface area contributed by atoms with Crippen molar-refractivity contribution in [3.63, 3.8) is 0 Å². The molecule has 0 aliphatic carbocycles. The van der Waals surface area contributed by atoms with Crippen LogP contribution in [0.25, 0.3) is 0 Å². The summed E-state index contributed by atoms with van der Waals surface area (Å²) in [4.78, 5) is 0. The van der Waals surface area contributed by atoms with E-state index in [0.717, 1.165) is 6.42 Å². The summed E-state index contributed by atoms with van der Waals surface area (Å²) in [5, 5.41) is -0.362. The second kappa shape index (κ2) is 4.60. The van der Waals surface area contributed by atoms with Gasteiger partial charge >= 0.3 is 0 Å². The van der Waals surface area contributed by atoms with Gasteiger partial charge in [0.15, 0.2) is 0 Å². The minimum Gasteiger partial charge on any atom is -0.380 e. The topological polar surface area (TPSA) is 72.6 Å². The lowest BCUT2D eigenvalue weighted by molar-refractivity contribution is 0.0977. The Kier molecular flexibility index (Phi) is 3.53. The first-order chi connectivity index (χ1) is 7.51. The largest absolute Gasteiger partial charge is 0.380 e. The molecule has 3 atom stereocenters. The Bertz CT molecular complexity index is 328. The molecule has 2 heterocycles. The zero-order valence-corrected chi connectivity index (χ0v) is 10.4. The van der Waals surface area contributed by atoms with Gasteiger partial charge < -0.3 is 10.5 Å². The van der Waals surface area contributed by atoms with Crippen molar-refractivity contribution < 1.29 is 13.2 Å². The maximum atomic E-state index is 12.3. The van der Waals surface area contributed by atoms with Crippen molar-refractivity contribution in [2.75, 3.05) is 26.3 Å². The van der Waals surface area contributed by atoms with Gasteiger partial charge in [-0.25, -0.2) is 8.42 Å². The van der Waals surface area contributed by atoms with Crippen LogP contribution in [0.3, 0.4) is 0 Å². The fourth-order valence-corrected chi connectivity index (χ4v) is 4.29. The standard InChI is InChI=1S/C10H20N2O3S/c1-8-5-12(6-10(8)11)16(13,14)9-3-2-4-15-7-9/h8-10H,2-7,11H2,1H3. The Morgan fingerprint density at radius 2 is 2.12 bits per heavy atom. The molecule has 6 heteroatoms. The first-order valence-corrected chi connectivity index (χ1v) is 7.34. The highest BCUT2D eigenvalue weighted by Gasteiger charge is 2.39. The minimum absolute atomic E-state index is 0.0284. The minimum atomic E-state index is -3.20. The molecule has 0 aromatic carbocycles. The Morgan fingerprint density at radius 1 is 1.38 bits per heavy atom. The van der Waals surface area contributed by atoms with Crippen LogP contribution in [-0.4, -0.2) is 50.3 Å². The third-order valence-electron chi connectivity index (χ3n) is 3.54. The van der Waals surface area contributed by atoms with E-state index in [4.69, 9.17) is 10.5 Å². The molecule has 2 rings (SSSR count). The van der Waals surface area contributed by atoms with Gasteiger partial charge in [-0.1, -0.05) is 6.92 Å². The summed E-state index contributed by atoms with van der Waals surface area (Å²) in [6.45, 7) is 4.03. The van der Waals surface area contributed by atoms with E-state index in [9.17, 15) is 8.42 Å². The van der Waals surface area contributed by atoms with Crippen LogP contribution in [0, 0.1) is 5.92 Å². The smallest absolute Gasteiger partial charge is 0.219 e. The molecule has 2 N–H and O–H groups in total. The van der Waals surface area contributed by atoms with Crippen molar-refractivity contribution in [3.8, 4) is 0 Å². The summed E-state index contributed by atoms with van der Waals surface area (Å²) >= 11 is 0. The SMILES string of the molecule is CC1CN(S(=O)(=O)C2CCCOC2)CC1N. The normalized spacial score (nSPS) is 37.8. The Morgan fingerprint density at radius 3 is 2.62 bits per heavy atom. The molecule has 94 valence electrons. The van der Waals surface area contributed by atoms with Crippen molar-refractivity contribution in [2.24, 2.45) is 11.7 Å². The second-order valence-electron chi connectivity index (χ2n) is 4.84. The number of nitrogens with zero attached hydrogens (tertiary/aromatic N) is 1. The third kappa shape index (κ3) is 2.25. The molecular weight excluding hydrogens is 228 g/mol. The molecule has 0 spiro atoms. The van der Waals surface area contributed by atoms with Crippen molar-refractivity contribution >= 4 is 10.0 Å². The van der Waals surface area contributed by atoms with Crippen LogP contribution in [0.5, 0.6) is 0 Å². The molecule has 3 unspecified atom stereocenters. The Balaban J connectivity index is 2.07. The first kappa shape index (κ1) is 12.3. The van der Waals surface area contributed by atoms with Gasteiger partial charge in [-0.05, 0) is 18.8 Å². The summed E-state index contributed by atoms with van der Waals surface area (Å²) in [5.74, 6) is 0.249. The van der Waals surface area contributed by atoms with Gasteiger partial charge in [-0.2, -0.15) is 4.31 Å². The molecule has 0 saturated carbocycles. The third-order valence-corrected chi connectivity index (χ3v) is 5.77. The summed E-state index contributed by atoms with van der Waals surface area (Å²) < 4.78 is 31.3. The molecule has 0 bridgehead atoms. The number of sulfonamides is 1. The molecule has 2 fully saturated rings. The molecule has 2 saturated heterocycles. The van der Waals surface area contributed by atoms with E-state index >= 15 is 0 Å². The van der Waals surface area contributed by atoms with E-state index < -0.39 is 10.0 Å². The highest BCUT2D eigenvalue weighted by Crippen LogP contribution is 2.24. The van der Waals surface area contributed by atoms with E-state index in [2.05, 4.69) is 0 Å². The van der Waals surface area contributed by atoms with Gasteiger partial charge in [0.2, 0.25) is 10.0 Å². The molecule has 2 aliphatic rings. The van der Waals surface area contributed by atoms with Gasteiger partial charge in [0.1, 0.15) is 0 Å². The lowest BCUT2D eigenvalue weighted by Gasteiger charge is -2.26. The van der Waals surface area contributed by atoms with Crippen LogP contribution < -0.4 is 5.73 Å². The van der Waals surface area contributed by atoms with Gasteiger partial charge in [-0.3, -0.25) is 0 Å². The van der Waals surface area contributed by atoms with Gasteiger partial charge in [-0.15, -0.1) is 0 Å². The van der Waals surface area contributed by atoms with Crippen molar-refractivity contribution in [3.05, 3.63) is 0 Å². The summed E-state index contributed by atoms with van der Waals surface area (Å²) in [6, 6.07) is -0.0284. The molecular formula is C10H20N2O3S. The average molecular weight is 248 g/mol. The summed E-state index contributed by atoms with van der Waals surface area (Å²) in [6.07, 6.45) is 1.54. The highest BCUT2D eigenvalue weighted by molar-refractivity contribution is 7.89. The predicted octanol–water partition coefficient (Wildman–Crippen LogP) is -0.226. The molecule has 16 heavy (non-hydrogen) atoms. The number of hydrogen-bond donors (Lipinski definition) is 1. The second-order valence-corrected chi connectivity index (χ2v) is 7.06. The van der Waals surface area contributed by atoms with Crippen molar-refractivity contribution in [2.45, 2.75) is 31.1 Å². The lowest BCUT2D eigenvalue weighted by Crippen LogP contribution is -2.42. The van der Waals surface area contributed by atoms with Crippen LogP contribution >= 0.6 is 0 Å². The molecule has 5 nitrogen and oxygen atoms in total. The maximum absolute atomic E-state index is 12.3. The van der Waals surface area contributed by atoms with E-state index in [-0.39, 0.29) is 17.2 Å². The van der Waals surface area contributed by atoms with Crippen LogP contribution in [0.2, 0.25) is 0 Å². The number of hydrogen-bond acceptors (Lipinski definition) is 4. The van der Waals surface area contributed by atoms with Crippen LogP contribution in [0.1, 0.15) is 19.8 Å². The van der Waals surface area contributed by atoms with Gasteiger partial charge in [0.25, 0.3) is 0 Å². The van der Waals surface area contributed by atoms with Crippen LogP contribution in [-0.2, 0) is 14.8 Å². The van der Waals surface area contributed by atoms with Crippen LogP contribution in [0.4, 0.5) is 0 Å². The van der Waals surface area contributed by atoms with E-state index in [0.29, 0.717) is 32.7 Å².